The molecule has 1 aromatic carbocycles. The van der Waals surface area contributed by atoms with Crippen molar-refractivity contribution in [2.45, 2.75) is 68.1 Å². The Morgan fingerprint density at radius 3 is 2.37 bits per heavy atom. The minimum Gasteiger partial charge on any atom is -0.507 e. The van der Waals surface area contributed by atoms with Gasteiger partial charge < -0.3 is 19.9 Å². The van der Waals surface area contributed by atoms with Crippen molar-refractivity contribution in [2.75, 3.05) is 4.90 Å². The number of nitrogens with zero attached hydrogens (tertiary/aromatic N) is 5. The third-order valence-corrected chi connectivity index (χ3v) is 8.44. The Hall–Kier alpha value is -3.68. The lowest BCUT2D eigenvalue weighted by atomic mass is 9.74. The molecule has 3 fully saturated rings. The number of phenolic OH excluding ortho intramolecular Hbond substituents is 1. The first-order valence-corrected chi connectivity index (χ1v) is 13.2. The van der Waals surface area contributed by atoms with E-state index in [2.05, 4.69) is 20.5 Å². The van der Waals surface area contributed by atoms with E-state index >= 15 is 0 Å². The van der Waals surface area contributed by atoms with Crippen molar-refractivity contribution in [1.29, 1.82) is 0 Å². The van der Waals surface area contributed by atoms with Crippen molar-refractivity contribution in [3.63, 3.8) is 0 Å². The van der Waals surface area contributed by atoms with Crippen molar-refractivity contribution < 1.29 is 31.4 Å². The third-order valence-electron chi connectivity index (χ3n) is 8.44. The lowest BCUT2D eigenvalue weighted by molar-refractivity contribution is -0.279. The van der Waals surface area contributed by atoms with Gasteiger partial charge in [-0.2, -0.15) is 26.3 Å². The van der Waals surface area contributed by atoms with Gasteiger partial charge in [-0.15, -0.1) is 10.2 Å². The number of halogens is 6. The highest BCUT2D eigenvalue weighted by Gasteiger charge is 2.73. The Morgan fingerprint density at radius 1 is 1.05 bits per heavy atom. The first-order chi connectivity index (χ1) is 19.3. The molecule has 2 bridgehead atoms. The van der Waals surface area contributed by atoms with Crippen molar-refractivity contribution >= 4 is 5.95 Å². The summed E-state index contributed by atoms with van der Waals surface area (Å²) < 4.78 is 87.5. The van der Waals surface area contributed by atoms with Crippen LogP contribution in [0.15, 0.2) is 47.5 Å². The van der Waals surface area contributed by atoms with Crippen LogP contribution in [0.5, 0.6) is 5.75 Å². The van der Waals surface area contributed by atoms with Gasteiger partial charge in [0.05, 0.1) is 6.20 Å². The molecule has 41 heavy (non-hydrogen) atoms. The van der Waals surface area contributed by atoms with E-state index in [0.29, 0.717) is 24.0 Å². The number of aryl methyl sites for hydroxylation is 1. The topological polar surface area (TPSA) is 96.2 Å². The number of phenols is 1. The predicted molar refractivity (Wildman–Crippen MR) is 136 cm³/mol. The minimum absolute atomic E-state index is 0.00797. The van der Waals surface area contributed by atoms with Crippen LogP contribution in [0.1, 0.15) is 32.1 Å². The molecule has 0 radical (unpaired) electrons. The molecule has 2 saturated heterocycles. The van der Waals surface area contributed by atoms with E-state index in [4.69, 9.17) is 0 Å². The molecule has 0 unspecified atom stereocenters. The summed E-state index contributed by atoms with van der Waals surface area (Å²) in [7, 11) is 1.61. The maximum absolute atomic E-state index is 14.4. The number of benzene rings is 1. The smallest absolute Gasteiger partial charge is 0.407 e. The van der Waals surface area contributed by atoms with Gasteiger partial charge >= 0.3 is 12.4 Å². The highest BCUT2D eigenvalue weighted by atomic mass is 19.4. The van der Waals surface area contributed by atoms with Crippen molar-refractivity contribution in [3.05, 3.63) is 53.1 Å². The lowest BCUT2D eigenvalue weighted by Gasteiger charge is -2.50. The first kappa shape index (κ1) is 27.5. The number of rotatable bonds is 5. The SMILES string of the molecule is Cn1ccc(-c2ccc(-c3cnc(N(C4CC4)[C@H]4C[C@@H]5CC[C@@](C(F)(F)F)(N5)[C@H]4C(F)(F)F)nn3)c(O)c2)cc1=O. The molecule has 218 valence electrons. The minimum atomic E-state index is -5.13. The van der Waals surface area contributed by atoms with E-state index in [1.165, 1.54) is 27.8 Å². The number of piperidine rings is 1. The molecule has 8 nitrogen and oxygen atoms in total. The summed E-state index contributed by atoms with van der Waals surface area (Å²) in [6.07, 6.45) is -7.17. The molecule has 0 amide bonds. The zero-order chi connectivity index (χ0) is 29.3. The molecule has 2 N–H and O–H groups in total. The molecule has 14 heteroatoms. The van der Waals surface area contributed by atoms with Crippen LogP contribution in [0.4, 0.5) is 32.3 Å². The zero-order valence-corrected chi connectivity index (χ0v) is 21.7. The van der Waals surface area contributed by atoms with Crippen LogP contribution >= 0.6 is 0 Å². The number of alkyl halides is 6. The van der Waals surface area contributed by atoms with E-state index < -0.39 is 48.4 Å². The van der Waals surface area contributed by atoms with Crippen LogP contribution in [0.25, 0.3) is 22.4 Å². The maximum atomic E-state index is 14.4. The quantitative estimate of drug-likeness (QED) is 0.427. The Labute approximate surface area is 230 Å². The van der Waals surface area contributed by atoms with E-state index in [9.17, 15) is 36.2 Å². The Kier molecular flexibility index (Phi) is 6.32. The largest absolute Gasteiger partial charge is 0.507 e. The Balaban J connectivity index is 1.33. The molecular formula is C27H26F6N6O2. The fourth-order valence-electron chi connectivity index (χ4n) is 6.36. The summed E-state index contributed by atoms with van der Waals surface area (Å²) in [6.45, 7) is 0. The van der Waals surface area contributed by atoms with E-state index in [1.54, 1.807) is 31.4 Å². The van der Waals surface area contributed by atoms with Crippen LogP contribution in [-0.2, 0) is 7.05 Å². The summed E-state index contributed by atoms with van der Waals surface area (Å²) >= 11 is 0. The number of pyridine rings is 1. The molecule has 1 saturated carbocycles. The van der Waals surface area contributed by atoms with E-state index in [0.717, 1.165) is 0 Å². The Morgan fingerprint density at radius 2 is 1.78 bits per heavy atom. The standard InChI is InChI=1S/C27H26F6N6O2/c1-38-9-7-15(11-22(38)41)14-2-5-18(21(40)10-14)19-13-34-24(37-36-19)39(17-3-4-17)20-12-16-6-8-25(35-16,27(31,32)33)23(20)26(28,29)30/h2,5,7,9-11,13,16-17,20,23,35,40H,3-4,6,8,12H2,1H3/t16-,20-,23-,25+/m0/s1. The van der Waals surface area contributed by atoms with E-state index in [1.807, 2.05) is 0 Å². The average Bonchev–Trinajstić information content (AvgIpc) is 3.67. The molecule has 1 aliphatic carbocycles. The number of aromatic nitrogens is 4. The van der Waals surface area contributed by atoms with Crippen molar-refractivity contribution in [2.24, 2.45) is 13.0 Å². The maximum Gasteiger partial charge on any atom is 0.407 e. The molecule has 3 aromatic rings. The number of hydrogen-bond donors (Lipinski definition) is 2. The van der Waals surface area contributed by atoms with Gasteiger partial charge in [-0.25, -0.2) is 4.98 Å². The number of aromatic hydroxyl groups is 1. The van der Waals surface area contributed by atoms with Gasteiger partial charge in [0.1, 0.15) is 22.9 Å². The second kappa shape index (κ2) is 9.43. The number of fused-ring (bicyclic) bond motifs is 2. The second-order valence-electron chi connectivity index (χ2n) is 11.0. The highest BCUT2D eigenvalue weighted by molar-refractivity contribution is 5.73. The predicted octanol–water partition coefficient (Wildman–Crippen LogP) is 4.58. The number of nitrogens with one attached hydrogen (secondary N) is 1. The first-order valence-electron chi connectivity index (χ1n) is 13.2. The number of anilines is 1. The van der Waals surface area contributed by atoms with Crippen molar-refractivity contribution in [1.82, 2.24) is 25.1 Å². The third kappa shape index (κ3) is 4.71. The van der Waals surface area contributed by atoms with Gasteiger partial charge in [0.2, 0.25) is 5.95 Å². The number of hydrogen-bond acceptors (Lipinski definition) is 7. The fraction of sp³-hybridized carbons (Fsp3) is 0.481. The average molecular weight is 581 g/mol. The molecule has 6 rings (SSSR count). The van der Waals surface area contributed by atoms with Crippen LogP contribution in [0.3, 0.4) is 0 Å². The van der Waals surface area contributed by atoms with Gasteiger partial charge in [0.25, 0.3) is 5.56 Å². The van der Waals surface area contributed by atoms with Gasteiger partial charge in [-0.05, 0) is 61.4 Å². The summed E-state index contributed by atoms with van der Waals surface area (Å²) in [4.78, 5) is 17.5. The van der Waals surface area contributed by atoms with Crippen LogP contribution < -0.4 is 15.8 Å². The zero-order valence-electron chi connectivity index (χ0n) is 21.7. The summed E-state index contributed by atoms with van der Waals surface area (Å²) in [5.41, 5.74) is -1.78. The van der Waals surface area contributed by atoms with Crippen LogP contribution in [0, 0.1) is 5.92 Å². The molecule has 4 atom stereocenters. The summed E-state index contributed by atoms with van der Waals surface area (Å²) in [5, 5.41) is 21.1. The van der Waals surface area contributed by atoms with Gasteiger partial charge in [0, 0.05) is 43.0 Å². The molecule has 0 spiro atoms. The van der Waals surface area contributed by atoms with Crippen LogP contribution in [-0.4, -0.2) is 60.9 Å². The lowest BCUT2D eigenvalue weighted by Crippen LogP contribution is -2.72. The van der Waals surface area contributed by atoms with Gasteiger partial charge in [0.15, 0.2) is 0 Å². The summed E-state index contributed by atoms with van der Waals surface area (Å²) in [6, 6.07) is 5.11. The molecule has 4 heterocycles. The Bertz CT molecular complexity index is 1520. The molecule has 2 aliphatic heterocycles. The molecule has 3 aliphatic rings. The second-order valence-corrected chi connectivity index (χ2v) is 11.0. The summed E-state index contributed by atoms with van der Waals surface area (Å²) in [5.74, 6) is -3.07. The normalized spacial score (nSPS) is 26.3. The fourth-order valence-corrected chi connectivity index (χ4v) is 6.36. The molecule has 2 aromatic heterocycles. The van der Waals surface area contributed by atoms with Crippen LogP contribution in [0.2, 0.25) is 0 Å². The van der Waals surface area contributed by atoms with Gasteiger partial charge in [-0.3, -0.25) is 4.79 Å². The van der Waals surface area contributed by atoms with Crippen molar-refractivity contribution in [3.8, 4) is 28.1 Å². The van der Waals surface area contributed by atoms with E-state index in [-0.39, 0.29) is 41.4 Å². The van der Waals surface area contributed by atoms with Gasteiger partial charge in [-0.1, -0.05) is 6.07 Å². The highest BCUT2D eigenvalue weighted by Crippen LogP contribution is 2.56. The monoisotopic (exact) mass is 580 g/mol. The molecular weight excluding hydrogens is 554 g/mol.